The van der Waals surface area contributed by atoms with Crippen molar-refractivity contribution in [1.29, 1.82) is 0 Å². The van der Waals surface area contributed by atoms with Crippen molar-refractivity contribution in [3.63, 3.8) is 0 Å². The minimum atomic E-state index is -4.01. The lowest BCUT2D eigenvalue weighted by Crippen LogP contribution is -2.15. The van der Waals surface area contributed by atoms with E-state index in [2.05, 4.69) is 5.32 Å². The van der Waals surface area contributed by atoms with E-state index in [0.717, 1.165) is 6.08 Å². The van der Waals surface area contributed by atoms with E-state index < -0.39 is 21.7 Å². The molecule has 2 aromatic carbocycles. The maximum absolute atomic E-state index is 13.5. The Hall–Kier alpha value is -2.71. The van der Waals surface area contributed by atoms with Crippen LogP contribution in [0.3, 0.4) is 0 Å². The average molecular weight is 350 g/mol. The normalized spacial score (nSPS) is 11.5. The molecule has 0 atom stereocenters. The molecule has 2 aromatic rings. The SMILES string of the molecule is COc1ccc(NC(=O)/C=C/c2ccccc2F)cc1S(N)(=O)=O. The van der Waals surface area contributed by atoms with Crippen LogP contribution in [0.2, 0.25) is 0 Å². The molecule has 0 aliphatic rings. The third kappa shape index (κ3) is 4.40. The summed E-state index contributed by atoms with van der Waals surface area (Å²) in [6.07, 6.45) is 2.45. The molecule has 126 valence electrons. The van der Waals surface area contributed by atoms with Crippen molar-refractivity contribution < 1.29 is 22.3 Å². The molecule has 0 unspecified atom stereocenters. The molecule has 0 spiro atoms. The van der Waals surface area contributed by atoms with E-state index in [1.165, 1.54) is 43.5 Å². The van der Waals surface area contributed by atoms with Crippen LogP contribution in [0.4, 0.5) is 10.1 Å². The standard InChI is InChI=1S/C16H15FN2O4S/c1-23-14-8-7-12(10-15(14)24(18,21)22)19-16(20)9-6-11-4-2-3-5-13(11)17/h2-10H,1H3,(H,19,20)(H2,18,21,22)/b9-6+. The number of benzene rings is 2. The number of ether oxygens (including phenoxy) is 1. The average Bonchev–Trinajstić information content (AvgIpc) is 2.53. The van der Waals surface area contributed by atoms with Gasteiger partial charge in [-0.25, -0.2) is 17.9 Å². The Labute approximate surface area is 138 Å². The van der Waals surface area contributed by atoms with Crippen LogP contribution in [0, 0.1) is 5.82 Å². The van der Waals surface area contributed by atoms with Crippen LogP contribution in [0.15, 0.2) is 53.4 Å². The van der Waals surface area contributed by atoms with Gasteiger partial charge in [-0.2, -0.15) is 0 Å². The number of hydrogen-bond acceptors (Lipinski definition) is 4. The molecule has 24 heavy (non-hydrogen) atoms. The van der Waals surface area contributed by atoms with Crippen LogP contribution in [0.5, 0.6) is 5.75 Å². The molecular weight excluding hydrogens is 335 g/mol. The summed E-state index contributed by atoms with van der Waals surface area (Å²) in [6.45, 7) is 0. The molecule has 0 aliphatic heterocycles. The summed E-state index contributed by atoms with van der Waals surface area (Å²) in [5.41, 5.74) is 0.468. The summed E-state index contributed by atoms with van der Waals surface area (Å²) in [5, 5.41) is 7.58. The fourth-order valence-electron chi connectivity index (χ4n) is 1.94. The smallest absolute Gasteiger partial charge is 0.248 e. The number of nitrogens with one attached hydrogen (secondary N) is 1. The van der Waals surface area contributed by atoms with Crippen molar-refractivity contribution >= 4 is 27.7 Å². The second kappa shape index (κ2) is 7.24. The predicted molar refractivity (Wildman–Crippen MR) is 88.4 cm³/mol. The molecule has 2 rings (SSSR count). The molecule has 3 N–H and O–H groups in total. The number of hydrogen-bond donors (Lipinski definition) is 2. The van der Waals surface area contributed by atoms with Gasteiger partial charge in [0.25, 0.3) is 0 Å². The number of nitrogens with two attached hydrogens (primary N) is 1. The minimum Gasteiger partial charge on any atom is -0.495 e. The van der Waals surface area contributed by atoms with Crippen LogP contribution in [-0.4, -0.2) is 21.4 Å². The first-order valence-corrected chi connectivity index (χ1v) is 8.30. The Morgan fingerprint density at radius 3 is 2.58 bits per heavy atom. The molecule has 0 saturated carbocycles. The van der Waals surface area contributed by atoms with E-state index >= 15 is 0 Å². The van der Waals surface area contributed by atoms with E-state index in [-0.39, 0.29) is 21.9 Å². The molecule has 0 heterocycles. The molecule has 0 saturated heterocycles. The zero-order valence-corrected chi connectivity index (χ0v) is 13.5. The molecule has 0 aromatic heterocycles. The van der Waals surface area contributed by atoms with Crippen LogP contribution in [0.1, 0.15) is 5.56 Å². The second-order valence-corrected chi connectivity index (χ2v) is 6.28. The largest absolute Gasteiger partial charge is 0.495 e. The number of carbonyl (C=O) groups is 1. The minimum absolute atomic E-state index is 0.0670. The zero-order valence-electron chi connectivity index (χ0n) is 12.7. The van der Waals surface area contributed by atoms with Crippen molar-refractivity contribution in [2.45, 2.75) is 4.90 Å². The number of primary sulfonamides is 1. The quantitative estimate of drug-likeness (QED) is 0.807. The first-order chi connectivity index (χ1) is 11.3. The second-order valence-electron chi connectivity index (χ2n) is 4.75. The Kier molecular flexibility index (Phi) is 5.32. The molecule has 8 heteroatoms. The lowest BCUT2D eigenvalue weighted by Gasteiger charge is -2.09. The molecular formula is C16H15FN2O4S. The summed E-state index contributed by atoms with van der Waals surface area (Å²) < 4.78 is 41.4. The summed E-state index contributed by atoms with van der Waals surface area (Å²) in [6, 6.07) is 9.99. The molecule has 0 fully saturated rings. The molecule has 1 amide bonds. The number of sulfonamides is 1. The number of amides is 1. The van der Waals surface area contributed by atoms with Gasteiger partial charge in [0.15, 0.2) is 0 Å². The van der Waals surface area contributed by atoms with Gasteiger partial charge in [-0.1, -0.05) is 18.2 Å². The van der Waals surface area contributed by atoms with E-state index in [4.69, 9.17) is 9.88 Å². The van der Waals surface area contributed by atoms with Crippen molar-refractivity contribution in [3.8, 4) is 5.75 Å². The zero-order chi connectivity index (χ0) is 17.7. The highest BCUT2D eigenvalue weighted by Crippen LogP contribution is 2.26. The van der Waals surface area contributed by atoms with Crippen molar-refractivity contribution in [2.24, 2.45) is 5.14 Å². The third-order valence-corrected chi connectivity index (χ3v) is 3.99. The van der Waals surface area contributed by atoms with Gasteiger partial charge in [0.1, 0.15) is 16.5 Å². The molecule has 0 bridgehead atoms. The van der Waals surface area contributed by atoms with Gasteiger partial charge in [0.05, 0.1) is 7.11 Å². The first-order valence-electron chi connectivity index (χ1n) is 6.75. The summed E-state index contributed by atoms with van der Waals surface area (Å²) in [5.74, 6) is -0.941. The number of halogens is 1. The van der Waals surface area contributed by atoms with E-state index in [1.807, 2.05) is 0 Å². The van der Waals surface area contributed by atoms with Gasteiger partial charge in [-0.3, -0.25) is 4.79 Å². The van der Waals surface area contributed by atoms with Crippen LogP contribution in [0.25, 0.3) is 6.08 Å². The van der Waals surface area contributed by atoms with Crippen molar-refractivity contribution in [3.05, 3.63) is 59.9 Å². The highest BCUT2D eigenvalue weighted by molar-refractivity contribution is 7.89. The summed E-state index contributed by atoms with van der Waals surface area (Å²) in [7, 11) is -2.70. The van der Waals surface area contributed by atoms with E-state index in [9.17, 15) is 17.6 Å². The highest BCUT2D eigenvalue weighted by Gasteiger charge is 2.16. The lowest BCUT2D eigenvalue weighted by molar-refractivity contribution is -0.111. The first kappa shape index (κ1) is 17.6. The Balaban J connectivity index is 2.19. The number of rotatable bonds is 5. The fourth-order valence-corrected chi connectivity index (χ4v) is 2.66. The number of methoxy groups -OCH3 is 1. The predicted octanol–water partition coefficient (Wildman–Crippen LogP) is 2.13. The maximum atomic E-state index is 13.5. The molecule has 0 aliphatic carbocycles. The summed E-state index contributed by atoms with van der Waals surface area (Å²) >= 11 is 0. The van der Waals surface area contributed by atoms with Gasteiger partial charge in [0.2, 0.25) is 15.9 Å². The van der Waals surface area contributed by atoms with Gasteiger partial charge >= 0.3 is 0 Å². The van der Waals surface area contributed by atoms with Crippen LogP contribution < -0.4 is 15.2 Å². The van der Waals surface area contributed by atoms with Gasteiger partial charge in [0, 0.05) is 17.3 Å². The fraction of sp³-hybridized carbons (Fsp3) is 0.0625. The third-order valence-electron chi connectivity index (χ3n) is 3.06. The van der Waals surface area contributed by atoms with E-state index in [0.29, 0.717) is 0 Å². The summed E-state index contributed by atoms with van der Waals surface area (Å²) in [4.78, 5) is 11.6. The topological polar surface area (TPSA) is 98.5 Å². The number of anilines is 1. The van der Waals surface area contributed by atoms with Crippen molar-refractivity contribution in [2.75, 3.05) is 12.4 Å². The van der Waals surface area contributed by atoms with E-state index in [1.54, 1.807) is 12.1 Å². The van der Waals surface area contributed by atoms with Crippen LogP contribution in [-0.2, 0) is 14.8 Å². The Morgan fingerprint density at radius 1 is 1.25 bits per heavy atom. The number of carbonyl (C=O) groups excluding carboxylic acids is 1. The van der Waals surface area contributed by atoms with Gasteiger partial charge in [-0.05, 0) is 30.3 Å². The molecule has 6 nitrogen and oxygen atoms in total. The van der Waals surface area contributed by atoms with Crippen LogP contribution >= 0.6 is 0 Å². The Bertz CT molecular complexity index is 895. The van der Waals surface area contributed by atoms with Gasteiger partial charge in [-0.15, -0.1) is 0 Å². The van der Waals surface area contributed by atoms with Crippen molar-refractivity contribution in [1.82, 2.24) is 0 Å². The lowest BCUT2D eigenvalue weighted by atomic mass is 10.2. The Morgan fingerprint density at radius 2 is 1.96 bits per heavy atom. The van der Waals surface area contributed by atoms with Gasteiger partial charge < -0.3 is 10.1 Å². The molecule has 0 radical (unpaired) electrons. The highest BCUT2D eigenvalue weighted by atomic mass is 32.2. The monoisotopic (exact) mass is 350 g/mol. The maximum Gasteiger partial charge on any atom is 0.248 e.